The SMILES string of the molecule is CCC(C)C(N)C(=O)NCC(=O)NC(Cc1ccc(O)cc1)C(=O)O. The number of aromatic hydroxyl groups is 1. The molecule has 3 unspecified atom stereocenters. The smallest absolute Gasteiger partial charge is 0.326 e. The lowest BCUT2D eigenvalue weighted by Gasteiger charge is -2.18. The Labute approximate surface area is 146 Å². The molecular formula is C17H25N3O5. The number of aliphatic carboxylic acids is 1. The zero-order chi connectivity index (χ0) is 19.0. The Morgan fingerprint density at radius 3 is 2.32 bits per heavy atom. The van der Waals surface area contributed by atoms with Crippen LogP contribution in [-0.4, -0.2) is 46.6 Å². The maximum atomic E-state index is 11.9. The van der Waals surface area contributed by atoms with Gasteiger partial charge in [0.1, 0.15) is 11.8 Å². The molecule has 0 aliphatic rings. The fraction of sp³-hybridized carbons (Fsp3) is 0.471. The molecule has 0 bridgehead atoms. The lowest BCUT2D eigenvalue weighted by molar-refractivity contribution is -0.141. The van der Waals surface area contributed by atoms with E-state index >= 15 is 0 Å². The minimum atomic E-state index is -1.19. The Bertz CT molecular complexity index is 603. The number of carbonyl (C=O) groups excluding carboxylic acids is 2. The van der Waals surface area contributed by atoms with Gasteiger partial charge in [0.2, 0.25) is 11.8 Å². The number of phenols is 1. The number of benzene rings is 1. The molecule has 1 aromatic rings. The van der Waals surface area contributed by atoms with Crippen LogP contribution in [0.15, 0.2) is 24.3 Å². The van der Waals surface area contributed by atoms with Crippen molar-refractivity contribution in [2.75, 3.05) is 6.54 Å². The largest absolute Gasteiger partial charge is 0.508 e. The highest BCUT2D eigenvalue weighted by molar-refractivity contribution is 5.89. The molecule has 2 amide bonds. The second kappa shape index (κ2) is 9.63. The molecule has 0 fully saturated rings. The summed E-state index contributed by atoms with van der Waals surface area (Å²) < 4.78 is 0. The standard InChI is InChI=1S/C17H25N3O5/c1-3-10(2)15(18)16(23)19-9-14(22)20-13(17(24)25)8-11-4-6-12(21)7-5-11/h4-7,10,13,15,21H,3,8-9,18H2,1-2H3,(H,19,23)(H,20,22)(H,24,25). The van der Waals surface area contributed by atoms with Crippen molar-refractivity contribution in [2.24, 2.45) is 11.7 Å². The summed E-state index contributed by atoms with van der Waals surface area (Å²) >= 11 is 0. The zero-order valence-corrected chi connectivity index (χ0v) is 14.4. The van der Waals surface area contributed by atoms with E-state index in [-0.39, 0.29) is 24.6 Å². The van der Waals surface area contributed by atoms with Gasteiger partial charge in [0.25, 0.3) is 0 Å². The van der Waals surface area contributed by atoms with Gasteiger partial charge < -0.3 is 26.6 Å². The van der Waals surface area contributed by atoms with E-state index in [9.17, 15) is 24.6 Å². The quantitative estimate of drug-likeness (QED) is 0.424. The predicted octanol–water partition coefficient (Wildman–Crippen LogP) is -0.00630. The van der Waals surface area contributed by atoms with E-state index in [0.717, 1.165) is 6.42 Å². The number of carbonyl (C=O) groups is 3. The lowest BCUT2D eigenvalue weighted by Crippen LogP contribution is -2.50. The summed E-state index contributed by atoms with van der Waals surface area (Å²) in [6, 6.07) is 4.16. The highest BCUT2D eigenvalue weighted by Gasteiger charge is 2.23. The van der Waals surface area contributed by atoms with Crippen LogP contribution in [-0.2, 0) is 20.8 Å². The van der Waals surface area contributed by atoms with Crippen LogP contribution in [0.25, 0.3) is 0 Å². The summed E-state index contributed by atoms with van der Waals surface area (Å²) in [5, 5.41) is 23.2. The van der Waals surface area contributed by atoms with Gasteiger partial charge in [-0.05, 0) is 23.6 Å². The fourth-order valence-corrected chi connectivity index (χ4v) is 2.11. The van der Waals surface area contributed by atoms with E-state index in [1.165, 1.54) is 12.1 Å². The summed E-state index contributed by atoms with van der Waals surface area (Å²) in [6.07, 6.45) is 0.788. The molecule has 0 spiro atoms. The van der Waals surface area contributed by atoms with Crippen LogP contribution in [0, 0.1) is 5.92 Å². The van der Waals surface area contributed by atoms with Crippen molar-refractivity contribution >= 4 is 17.8 Å². The first-order valence-electron chi connectivity index (χ1n) is 8.08. The van der Waals surface area contributed by atoms with Crippen LogP contribution in [0.1, 0.15) is 25.8 Å². The van der Waals surface area contributed by atoms with Gasteiger partial charge in [-0.15, -0.1) is 0 Å². The average molecular weight is 351 g/mol. The van der Waals surface area contributed by atoms with Crippen molar-refractivity contribution in [3.8, 4) is 5.75 Å². The molecule has 3 atom stereocenters. The van der Waals surface area contributed by atoms with Crippen molar-refractivity contribution < 1.29 is 24.6 Å². The molecule has 0 aliphatic carbocycles. The summed E-state index contributed by atoms with van der Waals surface area (Å²) in [5.74, 6) is -2.21. The first kappa shape index (κ1) is 20.4. The number of rotatable bonds is 9. The number of nitrogens with one attached hydrogen (secondary N) is 2. The first-order chi connectivity index (χ1) is 11.7. The van der Waals surface area contributed by atoms with E-state index < -0.39 is 29.9 Å². The third-order valence-electron chi connectivity index (χ3n) is 3.99. The topological polar surface area (TPSA) is 142 Å². The maximum Gasteiger partial charge on any atom is 0.326 e. The number of carboxylic acids is 1. The number of nitrogens with two attached hydrogens (primary N) is 1. The second-order valence-corrected chi connectivity index (χ2v) is 5.96. The molecule has 0 aromatic heterocycles. The molecule has 0 saturated carbocycles. The number of carboxylic acid groups (broad SMARTS) is 1. The third-order valence-corrected chi connectivity index (χ3v) is 3.99. The first-order valence-corrected chi connectivity index (χ1v) is 8.08. The third kappa shape index (κ3) is 6.80. The molecule has 8 heteroatoms. The van der Waals surface area contributed by atoms with Crippen LogP contribution in [0.2, 0.25) is 0 Å². The van der Waals surface area contributed by atoms with Crippen molar-refractivity contribution in [1.82, 2.24) is 10.6 Å². The highest BCUT2D eigenvalue weighted by atomic mass is 16.4. The van der Waals surface area contributed by atoms with Gasteiger partial charge in [-0.3, -0.25) is 9.59 Å². The van der Waals surface area contributed by atoms with E-state index in [2.05, 4.69) is 10.6 Å². The molecule has 0 saturated heterocycles. The van der Waals surface area contributed by atoms with Gasteiger partial charge >= 0.3 is 5.97 Å². The Hall–Kier alpha value is -2.61. The van der Waals surface area contributed by atoms with Gasteiger partial charge in [0, 0.05) is 6.42 Å². The van der Waals surface area contributed by atoms with Gasteiger partial charge in [-0.2, -0.15) is 0 Å². The van der Waals surface area contributed by atoms with Gasteiger partial charge in [-0.1, -0.05) is 32.4 Å². The molecule has 8 nitrogen and oxygen atoms in total. The number of phenolic OH excluding ortho intramolecular Hbond substituents is 1. The zero-order valence-electron chi connectivity index (χ0n) is 14.4. The Morgan fingerprint density at radius 1 is 1.20 bits per heavy atom. The van der Waals surface area contributed by atoms with Crippen LogP contribution in [0.3, 0.4) is 0 Å². The Kier molecular flexibility index (Phi) is 7.87. The van der Waals surface area contributed by atoms with Crippen molar-refractivity contribution in [1.29, 1.82) is 0 Å². The molecule has 1 aromatic carbocycles. The van der Waals surface area contributed by atoms with Gasteiger partial charge in [0.05, 0.1) is 12.6 Å². The summed E-state index contributed by atoms with van der Waals surface area (Å²) in [5.41, 5.74) is 6.41. The maximum absolute atomic E-state index is 11.9. The van der Waals surface area contributed by atoms with Gasteiger partial charge in [-0.25, -0.2) is 4.79 Å². The van der Waals surface area contributed by atoms with Crippen LogP contribution >= 0.6 is 0 Å². The fourth-order valence-electron chi connectivity index (χ4n) is 2.11. The molecule has 138 valence electrons. The lowest BCUT2D eigenvalue weighted by atomic mass is 9.99. The molecule has 0 heterocycles. The van der Waals surface area contributed by atoms with E-state index in [0.29, 0.717) is 5.56 Å². The molecule has 25 heavy (non-hydrogen) atoms. The van der Waals surface area contributed by atoms with Gasteiger partial charge in [0.15, 0.2) is 0 Å². The van der Waals surface area contributed by atoms with Crippen LogP contribution in [0.5, 0.6) is 5.75 Å². The molecule has 1 rings (SSSR count). The van der Waals surface area contributed by atoms with E-state index in [1.807, 2.05) is 13.8 Å². The normalized spacial score (nSPS) is 14.2. The predicted molar refractivity (Wildman–Crippen MR) is 91.8 cm³/mol. The Balaban J connectivity index is 2.55. The summed E-state index contributed by atoms with van der Waals surface area (Å²) in [7, 11) is 0. The Morgan fingerprint density at radius 2 is 1.80 bits per heavy atom. The summed E-state index contributed by atoms with van der Waals surface area (Å²) in [6.45, 7) is 3.40. The second-order valence-electron chi connectivity index (χ2n) is 5.96. The number of hydrogen-bond donors (Lipinski definition) is 5. The minimum Gasteiger partial charge on any atom is -0.508 e. The molecular weight excluding hydrogens is 326 g/mol. The van der Waals surface area contributed by atoms with Crippen molar-refractivity contribution in [3.63, 3.8) is 0 Å². The monoisotopic (exact) mass is 351 g/mol. The molecule has 6 N–H and O–H groups in total. The average Bonchev–Trinajstić information content (AvgIpc) is 2.59. The minimum absolute atomic E-state index is 0.0238. The van der Waals surface area contributed by atoms with Crippen LogP contribution in [0.4, 0.5) is 0 Å². The van der Waals surface area contributed by atoms with Crippen molar-refractivity contribution in [2.45, 2.75) is 38.8 Å². The van der Waals surface area contributed by atoms with E-state index in [1.54, 1.807) is 12.1 Å². The summed E-state index contributed by atoms with van der Waals surface area (Å²) in [4.78, 5) is 35.0. The number of amides is 2. The van der Waals surface area contributed by atoms with Crippen LogP contribution < -0.4 is 16.4 Å². The van der Waals surface area contributed by atoms with E-state index in [4.69, 9.17) is 5.73 Å². The molecule has 0 radical (unpaired) electrons. The molecule has 0 aliphatic heterocycles. The number of hydrogen-bond acceptors (Lipinski definition) is 5. The highest BCUT2D eigenvalue weighted by Crippen LogP contribution is 2.11. The van der Waals surface area contributed by atoms with Crippen molar-refractivity contribution in [3.05, 3.63) is 29.8 Å².